The number of rotatable bonds is 7. The molecule has 0 heterocycles. The van der Waals surface area contributed by atoms with Crippen LogP contribution in [-0.2, 0) is 11.2 Å². The molecule has 0 spiro atoms. The summed E-state index contributed by atoms with van der Waals surface area (Å²) in [7, 11) is 0. The molecule has 0 bridgehead atoms. The molecule has 0 saturated heterocycles. The number of phenols is 1. The molecule has 0 aromatic heterocycles. The summed E-state index contributed by atoms with van der Waals surface area (Å²) in [5, 5.41) is 12.2. The molecule has 1 unspecified atom stereocenters. The molecule has 20 heavy (non-hydrogen) atoms. The van der Waals surface area contributed by atoms with Gasteiger partial charge in [-0.15, -0.1) is 0 Å². The van der Waals surface area contributed by atoms with Crippen molar-refractivity contribution in [1.29, 1.82) is 0 Å². The lowest BCUT2D eigenvalue weighted by molar-refractivity contribution is -0.127. The first-order valence-corrected chi connectivity index (χ1v) is 7.29. The highest BCUT2D eigenvalue weighted by Gasteiger charge is 2.30. The second-order valence-electron chi connectivity index (χ2n) is 5.44. The van der Waals surface area contributed by atoms with E-state index in [-0.39, 0.29) is 17.7 Å². The average Bonchev–Trinajstić information content (AvgIpc) is 2.45. The Morgan fingerprint density at radius 2 is 1.85 bits per heavy atom. The number of hydrogen-bond acceptors (Lipinski definition) is 3. The minimum absolute atomic E-state index is 0.0688. The zero-order chi connectivity index (χ0) is 15.2. The molecule has 1 rings (SSSR count). The average molecular weight is 278 g/mol. The number of aromatic hydroxyl groups is 1. The molecule has 112 valence electrons. The van der Waals surface area contributed by atoms with Gasteiger partial charge in [-0.25, -0.2) is 0 Å². The van der Waals surface area contributed by atoms with Crippen LogP contribution < -0.4 is 11.1 Å². The molecule has 4 N–H and O–H groups in total. The third-order valence-electron chi connectivity index (χ3n) is 3.89. The summed E-state index contributed by atoms with van der Waals surface area (Å²) in [5.41, 5.74) is 6.46. The van der Waals surface area contributed by atoms with Crippen molar-refractivity contribution in [2.45, 2.75) is 58.0 Å². The summed E-state index contributed by atoms with van der Waals surface area (Å²) in [6, 6.07) is 7.23. The van der Waals surface area contributed by atoms with Crippen molar-refractivity contribution in [2.75, 3.05) is 0 Å². The minimum Gasteiger partial charge on any atom is -0.508 e. The molecule has 0 aliphatic rings. The number of nitrogens with two attached hydrogens (primary N) is 1. The van der Waals surface area contributed by atoms with Gasteiger partial charge in [0.15, 0.2) is 0 Å². The minimum atomic E-state index is -0.757. The summed E-state index contributed by atoms with van der Waals surface area (Å²) in [6.07, 6.45) is 2.98. The van der Waals surface area contributed by atoms with E-state index in [0.717, 1.165) is 18.4 Å². The molecule has 0 aliphatic carbocycles. The van der Waals surface area contributed by atoms with Crippen LogP contribution in [0.5, 0.6) is 5.75 Å². The van der Waals surface area contributed by atoms with E-state index in [4.69, 9.17) is 5.73 Å². The number of phenolic OH excluding ortho intramolecular Hbond substituents is 1. The standard InChI is InChI=1S/C16H26N2O2/c1-4-16(17,5-2)15(20)18-12(3)6-7-13-8-10-14(19)11-9-13/h8-12,19H,4-7,17H2,1-3H3,(H,18,20). The van der Waals surface area contributed by atoms with Crippen LogP contribution >= 0.6 is 0 Å². The Labute approximate surface area is 121 Å². The predicted octanol–water partition coefficient (Wildman–Crippen LogP) is 2.35. The Morgan fingerprint density at radius 1 is 1.30 bits per heavy atom. The highest BCUT2D eigenvalue weighted by Crippen LogP contribution is 2.14. The number of benzene rings is 1. The lowest BCUT2D eigenvalue weighted by Gasteiger charge is -2.27. The van der Waals surface area contributed by atoms with E-state index in [1.807, 2.05) is 32.9 Å². The zero-order valence-electron chi connectivity index (χ0n) is 12.6. The molecule has 0 radical (unpaired) electrons. The number of hydrogen-bond donors (Lipinski definition) is 3. The van der Waals surface area contributed by atoms with E-state index in [1.54, 1.807) is 12.1 Å². The van der Waals surface area contributed by atoms with Crippen LogP contribution in [0, 0.1) is 0 Å². The van der Waals surface area contributed by atoms with E-state index in [0.29, 0.717) is 12.8 Å². The lowest BCUT2D eigenvalue weighted by atomic mass is 9.92. The molecule has 1 aromatic carbocycles. The summed E-state index contributed by atoms with van der Waals surface area (Å²) >= 11 is 0. The Kier molecular flexibility index (Phi) is 6.02. The Balaban J connectivity index is 2.45. The van der Waals surface area contributed by atoms with Crippen LogP contribution in [0.1, 0.15) is 45.6 Å². The third-order valence-corrected chi connectivity index (χ3v) is 3.89. The van der Waals surface area contributed by atoms with Crippen LogP contribution in [0.15, 0.2) is 24.3 Å². The molecule has 0 aliphatic heterocycles. The van der Waals surface area contributed by atoms with Crippen molar-refractivity contribution >= 4 is 5.91 Å². The Hall–Kier alpha value is -1.55. The van der Waals surface area contributed by atoms with Gasteiger partial charge in [0.2, 0.25) is 5.91 Å². The summed E-state index contributed by atoms with van der Waals surface area (Å²) in [5.74, 6) is 0.203. The zero-order valence-corrected chi connectivity index (χ0v) is 12.6. The highest BCUT2D eigenvalue weighted by atomic mass is 16.3. The highest BCUT2D eigenvalue weighted by molar-refractivity contribution is 5.86. The molecule has 4 nitrogen and oxygen atoms in total. The normalized spacial score (nSPS) is 13.0. The summed E-state index contributed by atoms with van der Waals surface area (Å²) < 4.78 is 0. The molecule has 1 aromatic rings. The third kappa shape index (κ3) is 4.53. The number of amides is 1. The fraction of sp³-hybridized carbons (Fsp3) is 0.562. The molecule has 1 amide bonds. The van der Waals surface area contributed by atoms with Gasteiger partial charge in [0.25, 0.3) is 0 Å². The molecule has 4 heteroatoms. The maximum atomic E-state index is 12.1. The summed E-state index contributed by atoms with van der Waals surface area (Å²) in [6.45, 7) is 5.86. The SMILES string of the molecule is CCC(N)(CC)C(=O)NC(C)CCc1ccc(O)cc1. The first-order chi connectivity index (χ1) is 9.41. The van der Waals surface area contributed by atoms with Gasteiger partial charge < -0.3 is 16.2 Å². The maximum Gasteiger partial charge on any atom is 0.240 e. The van der Waals surface area contributed by atoms with Gasteiger partial charge >= 0.3 is 0 Å². The van der Waals surface area contributed by atoms with E-state index in [9.17, 15) is 9.90 Å². The molecular formula is C16H26N2O2. The van der Waals surface area contributed by atoms with Gasteiger partial charge in [0, 0.05) is 6.04 Å². The van der Waals surface area contributed by atoms with Gasteiger partial charge in [-0.05, 0) is 50.3 Å². The molecular weight excluding hydrogens is 252 g/mol. The fourth-order valence-electron chi connectivity index (χ4n) is 2.06. The van der Waals surface area contributed by atoms with Crippen LogP contribution in [0.4, 0.5) is 0 Å². The number of carbonyl (C=O) groups excluding carboxylic acids is 1. The Morgan fingerprint density at radius 3 is 2.35 bits per heavy atom. The summed E-state index contributed by atoms with van der Waals surface area (Å²) in [4.78, 5) is 12.1. The van der Waals surface area contributed by atoms with Crippen molar-refractivity contribution in [2.24, 2.45) is 5.73 Å². The molecule has 0 fully saturated rings. The first-order valence-electron chi connectivity index (χ1n) is 7.29. The molecule has 1 atom stereocenters. The number of aryl methyl sites for hydroxylation is 1. The van der Waals surface area contributed by atoms with Crippen molar-refractivity contribution in [3.05, 3.63) is 29.8 Å². The van der Waals surface area contributed by atoms with Crippen LogP contribution in [0.25, 0.3) is 0 Å². The maximum absolute atomic E-state index is 12.1. The van der Waals surface area contributed by atoms with Crippen molar-refractivity contribution < 1.29 is 9.90 Å². The van der Waals surface area contributed by atoms with Gasteiger partial charge in [-0.3, -0.25) is 4.79 Å². The van der Waals surface area contributed by atoms with Crippen molar-refractivity contribution in [1.82, 2.24) is 5.32 Å². The second-order valence-corrected chi connectivity index (χ2v) is 5.44. The largest absolute Gasteiger partial charge is 0.508 e. The van der Waals surface area contributed by atoms with E-state index >= 15 is 0 Å². The van der Waals surface area contributed by atoms with E-state index < -0.39 is 5.54 Å². The predicted molar refractivity (Wildman–Crippen MR) is 81.5 cm³/mol. The van der Waals surface area contributed by atoms with Gasteiger partial charge in [-0.2, -0.15) is 0 Å². The fourth-order valence-corrected chi connectivity index (χ4v) is 2.06. The number of nitrogens with one attached hydrogen (secondary N) is 1. The van der Waals surface area contributed by atoms with Gasteiger partial charge in [0.05, 0.1) is 5.54 Å². The van der Waals surface area contributed by atoms with E-state index in [1.165, 1.54) is 0 Å². The van der Waals surface area contributed by atoms with Crippen LogP contribution in [0.3, 0.4) is 0 Å². The van der Waals surface area contributed by atoms with Crippen LogP contribution in [-0.4, -0.2) is 22.6 Å². The lowest BCUT2D eigenvalue weighted by Crippen LogP contribution is -2.55. The Bertz CT molecular complexity index is 425. The van der Waals surface area contributed by atoms with Crippen molar-refractivity contribution in [3.8, 4) is 5.75 Å². The number of carbonyl (C=O) groups is 1. The van der Waals surface area contributed by atoms with Crippen LogP contribution in [0.2, 0.25) is 0 Å². The van der Waals surface area contributed by atoms with E-state index in [2.05, 4.69) is 5.32 Å². The van der Waals surface area contributed by atoms with Gasteiger partial charge in [0.1, 0.15) is 5.75 Å². The van der Waals surface area contributed by atoms with Crippen molar-refractivity contribution in [3.63, 3.8) is 0 Å². The first kappa shape index (κ1) is 16.5. The molecule has 0 saturated carbocycles. The van der Waals surface area contributed by atoms with Gasteiger partial charge in [-0.1, -0.05) is 26.0 Å². The smallest absolute Gasteiger partial charge is 0.240 e. The monoisotopic (exact) mass is 278 g/mol. The topological polar surface area (TPSA) is 75.4 Å². The quantitative estimate of drug-likeness (QED) is 0.716. The second kappa shape index (κ2) is 7.29.